The summed E-state index contributed by atoms with van der Waals surface area (Å²) in [6.45, 7) is 7.24. The Bertz CT molecular complexity index is 584. The Morgan fingerprint density at radius 1 is 1.25 bits per heavy atom. The Balaban J connectivity index is 1.44. The average molecular weight is 390 g/mol. The fourth-order valence-electron chi connectivity index (χ4n) is 4.19. The van der Waals surface area contributed by atoms with E-state index in [0.717, 1.165) is 51.1 Å². The SMILES string of the molecule is CN=C(NCCOc1cccnc1)NCC1(CN2CCOCC2)CCCCC1. The summed E-state index contributed by atoms with van der Waals surface area (Å²) in [4.78, 5) is 11.0. The first-order valence-electron chi connectivity index (χ1n) is 10.6. The number of pyridine rings is 1. The normalized spacial score (nSPS) is 20.5. The highest BCUT2D eigenvalue weighted by Crippen LogP contribution is 2.36. The van der Waals surface area contributed by atoms with Gasteiger partial charge in [-0.25, -0.2) is 0 Å². The smallest absolute Gasteiger partial charge is 0.191 e. The van der Waals surface area contributed by atoms with Crippen LogP contribution in [0.2, 0.25) is 0 Å². The molecule has 1 saturated carbocycles. The molecular formula is C21H35N5O2. The molecule has 156 valence electrons. The highest BCUT2D eigenvalue weighted by molar-refractivity contribution is 5.79. The second kappa shape index (κ2) is 11.2. The molecular weight excluding hydrogens is 354 g/mol. The molecule has 0 unspecified atom stereocenters. The highest BCUT2D eigenvalue weighted by Gasteiger charge is 2.34. The van der Waals surface area contributed by atoms with E-state index in [0.29, 0.717) is 18.6 Å². The van der Waals surface area contributed by atoms with Crippen LogP contribution in [-0.4, -0.2) is 75.4 Å². The maximum absolute atomic E-state index is 5.69. The molecule has 0 spiro atoms. The highest BCUT2D eigenvalue weighted by atomic mass is 16.5. The Labute approximate surface area is 168 Å². The number of rotatable bonds is 8. The molecule has 2 fully saturated rings. The number of hydrogen-bond acceptors (Lipinski definition) is 5. The van der Waals surface area contributed by atoms with Crippen molar-refractivity contribution < 1.29 is 9.47 Å². The Kier molecular flexibility index (Phi) is 8.36. The van der Waals surface area contributed by atoms with E-state index in [9.17, 15) is 0 Å². The van der Waals surface area contributed by atoms with Gasteiger partial charge in [0.25, 0.3) is 0 Å². The lowest BCUT2D eigenvalue weighted by Crippen LogP contribution is -2.51. The number of ether oxygens (including phenoxy) is 2. The molecule has 2 heterocycles. The molecule has 7 heteroatoms. The van der Waals surface area contributed by atoms with Gasteiger partial charge in [-0.3, -0.25) is 14.9 Å². The van der Waals surface area contributed by atoms with Crippen molar-refractivity contribution in [3.8, 4) is 5.75 Å². The lowest BCUT2D eigenvalue weighted by atomic mass is 9.73. The van der Waals surface area contributed by atoms with Crippen LogP contribution in [0.5, 0.6) is 5.75 Å². The van der Waals surface area contributed by atoms with E-state index in [1.165, 1.54) is 32.1 Å². The molecule has 2 N–H and O–H groups in total. The van der Waals surface area contributed by atoms with Gasteiger partial charge >= 0.3 is 0 Å². The number of guanidine groups is 1. The van der Waals surface area contributed by atoms with E-state index in [-0.39, 0.29) is 0 Å². The molecule has 1 aliphatic carbocycles. The van der Waals surface area contributed by atoms with Crippen molar-refractivity contribution >= 4 is 5.96 Å². The predicted octanol–water partition coefficient (Wildman–Crippen LogP) is 1.91. The fraction of sp³-hybridized carbons (Fsp3) is 0.714. The van der Waals surface area contributed by atoms with Crippen molar-refractivity contribution in [1.82, 2.24) is 20.5 Å². The third-order valence-corrected chi connectivity index (χ3v) is 5.73. The topological polar surface area (TPSA) is 71.0 Å². The van der Waals surface area contributed by atoms with Crippen molar-refractivity contribution in [1.29, 1.82) is 0 Å². The van der Waals surface area contributed by atoms with Crippen molar-refractivity contribution in [2.24, 2.45) is 10.4 Å². The fourth-order valence-corrected chi connectivity index (χ4v) is 4.19. The van der Waals surface area contributed by atoms with Gasteiger partial charge in [0, 0.05) is 44.8 Å². The zero-order valence-corrected chi connectivity index (χ0v) is 17.2. The summed E-state index contributed by atoms with van der Waals surface area (Å²) < 4.78 is 11.2. The molecule has 1 aromatic heterocycles. The van der Waals surface area contributed by atoms with Crippen LogP contribution in [0.1, 0.15) is 32.1 Å². The third kappa shape index (κ3) is 6.63. The van der Waals surface area contributed by atoms with Crippen LogP contribution < -0.4 is 15.4 Å². The number of nitrogens with zero attached hydrogens (tertiary/aromatic N) is 3. The van der Waals surface area contributed by atoms with E-state index in [4.69, 9.17) is 9.47 Å². The molecule has 0 amide bonds. The first-order valence-corrected chi connectivity index (χ1v) is 10.6. The second-order valence-corrected chi connectivity index (χ2v) is 7.84. The van der Waals surface area contributed by atoms with E-state index in [1.54, 1.807) is 12.4 Å². The maximum Gasteiger partial charge on any atom is 0.191 e. The van der Waals surface area contributed by atoms with Crippen molar-refractivity contribution in [2.45, 2.75) is 32.1 Å². The first kappa shape index (κ1) is 20.9. The van der Waals surface area contributed by atoms with Gasteiger partial charge in [0.15, 0.2) is 5.96 Å². The molecule has 0 bridgehead atoms. The average Bonchev–Trinajstić information content (AvgIpc) is 2.75. The van der Waals surface area contributed by atoms with E-state index in [1.807, 2.05) is 19.2 Å². The number of hydrogen-bond donors (Lipinski definition) is 2. The molecule has 2 aliphatic rings. The quantitative estimate of drug-likeness (QED) is 0.402. The molecule has 0 atom stereocenters. The van der Waals surface area contributed by atoms with Gasteiger partial charge < -0.3 is 20.1 Å². The van der Waals surface area contributed by atoms with Gasteiger partial charge in [-0.05, 0) is 25.0 Å². The lowest BCUT2D eigenvalue weighted by molar-refractivity contribution is 0.00820. The molecule has 28 heavy (non-hydrogen) atoms. The lowest BCUT2D eigenvalue weighted by Gasteiger charge is -2.42. The number of nitrogens with one attached hydrogen (secondary N) is 2. The molecule has 7 nitrogen and oxygen atoms in total. The van der Waals surface area contributed by atoms with Crippen molar-refractivity contribution in [3.63, 3.8) is 0 Å². The van der Waals surface area contributed by atoms with Crippen LogP contribution >= 0.6 is 0 Å². The molecule has 1 aromatic rings. The maximum atomic E-state index is 5.69. The van der Waals surface area contributed by atoms with E-state index in [2.05, 4.69) is 25.5 Å². The Hall–Kier alpha value is -1.86. The molecule has 1 saturated heterocycles. The molecule has 3 rings (SSSR count). The van der Waals surface area contributed by atoms with Crippen LogP contribution in [0.15, 0.2) is 29.5 Å². The summed E-state index contributed by atoms with van der Waals surface area (Å²) in [5.74, 6) is 1.64. The monoisotopic (exact) mass is 389 g/mol. The van der Waals surface area contributed by atoms with E-state index >= 15 is 0 Å². The van der Waals surface area contributed by atoms with Crippen LogP contribution in [0, 0.1) is 5.41 Å². The summed E-state index contributed by atoms with van der Waals surface area (Å²) in [6.07, 6.45) is 10.1. The first-order chi connectivity index (χ1) is 13.8. The third-order valence-electron chi connectivity index (χ3n) is 5.73. The zero-order valence-electron chi connectivity index (χ0n) is 17.2. The van der Waals surface area contributed by atoms with Crippen LogP contribution in [0.3, 0.4) is 0 Å². The molecule has 1 aliphatic heterocycles. The van der Waals surface area contributed by atoms with Gasteiger partial charge in [-0.15, -0.1) is 0 Å². The Morgan fingerprint density at radius 3 is 2.79 bits per heavy atom. The Morgan fingerprint density at radius 2 is 2.07 bits per heavy atom. The van der Waals surface area contributed by atoms with Crippen LogP contribution in [0.25, 0.3) is 0 Å². The minimum Gasteiger partial charge on any atom is -0.490 e. The summed E-state index contributed by atoms with van der Waals surface area (Å²) in [5.41, 5.74) is 0.333. The largest absolute Gasteiger partial charge is 0.490 e. The minimum atomic E-state index is 0.333. The second-order valence-electron chi connectivity index (χ2n) is 7.84. The number of morpholine rings is 1. The van der Waals surface area contributed by atoms with Gasteiger partial charge in [0.2, 0.25) is 0 Å². The van der Waals surface area contributed by atoms with Crippen LogP contribution in [0.4, 0.5) is 0 Å². The standard InChI is InChI=1S/C21H35N5O2/c1-22-20(24-10-13-28-19-6-5-9-23-16-19)25-17-21(7-3-2-4-8-21)18-26-11-14-27-15-12-26/h5-6,9,16H,2-4,7-8,10-15,17-18H2,1H3,(H2,22,24,25). The summed E-state index contributed by atoms with van der Waals surface area (Å²) in [5, 5.41) is 6.94. The van der Waals surface area contributed by atoms with Gasteiger partial charge in [0.1, 0.15) is 12.4 Å². The predicted molar refractivity (Wildman–Crippen MR) is 112 cm³/mol. The van der Waals surface area contributed by atoms with Gasteiger partial charge in [0.05, 0.1) is 26.0 Å². The van der Waals surface area contributed by atoms with Crippen LogP contribution in [-0.2, 0) is 4.74 Å². The van der Waals surface area contributed by atoms with Gasteiger partial charge in [-0.2, -0.15) is 0 Å². The van der Waals surface area contributed by atoms with Crippen molar-refractivity contribution in [3.05, 3.63) is 24.5 Å². The number of aromatic nitrogens is 1. The summed E-state index contributed by atoms with van der Waals surface area (Å²) in [6, 6.07) is 3.79. The minimum absolute atomic E-state index is 0.333. The zero-order chi connectivity index (χ0) is 19.5. The molecule has 0 aromatic carbocycles. The number of aliphatic imine (C=N–C) groups is 1. The summed E-state index contributed by atoms with van der Waals surface area (Å²) in [7, 11) is 1.83. The summed E-state index contributed by atoms with van der Waals surface area (Å²) >= 11 is 0. The van der Waals surface area contributed by atoms with Crippen molar-refractivity contribution in [2.75, 3.05) is 59.6 Å². The molecule has 0 radical (unpaired) electrons. The van der Waals surface area contributed by atoms with Gasteiger partial charge in [-0.1, -0.05) is 19.3 Å². The van der Waals surface area contributed by atoms with E-state index < -0.39 is 0 Å².